The summed E-state index contributed by atoms with van der Waals surface area (Å²) in [6.45, 7) is 5.82. The second-order valence-electron chi connectivity index (χ2n) is 2.82. The first-order valence-electron chi connectivity index (χ1n) is 3.82. The van der Waals surface area contributed by atoms with Gasteiger partial charge in [0.1, 0.15) is 0 Å². The topological polar surface area (TPSA) is 0 Å². The van der Waals surface area contributed by atoms with Crippen LogP contribution in [0.25, 0.3) is 0 Å². The van der Waals surface area contributed by atoms with Gasteiger partial charge < -0.3 is 0 Å². The van der Waals surface area contributed by atoms with Crippen LogP contribution in [0.4, 0.5) is 0 Å². The molecular weight excluding hydrogens is 223 g/mol. The van der Waals surface area contributed by atoms with E-state index in [0.29, 0.717) is 5.02 Å². The van der Waals surface area contributed by atoms with Gasteiger partial charge in [-0.25, -0.2) is 0 Å². The number of thioether (sulfide) groups is 1. The number of benzene rings is 1. The third-order valence-electron chi connectivity index (χ3n) is 1.37. The predicted molar refractivity (Wildman–Crippen MR) is 62.0 cm³/mol. The fraction of sp³-hybridized carbons (Fsp3) is 0.200. The average Bonchev–Trinajstić information content (AvgIpc) is 2.06. The number of hydrogen-bond donors (Lipinski definition) is 0. The Morgan fingerprint density at radius 2 is 2.15 bits per heavy atom. The molecule has 70 valence electrons. The Hall–Kier alpha value is -0.110. The Kier molecular flexibility index (Phi) is 4.17. The molecule has 0 nitrogen and oxygen atoms in total. The van der Waals surface area contributed by atoms with E-state index in [0.717, 1.165) is 21.2 Å². The summed E-state index contributed by atoms with van der Waals surface area (Å²) in [5.41, 5.74) is 1.13. The van der Waals surface area contributed by atoms with Crippen molar-refractivity contribution in [2.24, 2.45) is 0 Å². The fourth-order valence-electron chi connectivity index (χ4n) is 0.789. The minimum atomic E-state index is 0.716. The Morgan fingerprint density at radius 1 is 1.46 bits per heavy atom. The van der Waals surface area contributed by atoms with Crippen LogP contribution in [0.5, 0.6) is 0 Å². The Morgan fingerprint density at radius 3 is 2.77 bits per heavy atom. The Bertz CT molecular complexity index is 321. The van der Waals surface area contributed by atoms with E-state index in [4.69, 9.17) is 23.2 Å². The van der Waals surface area contributed by atoms with E-state index in [1.54, 1.807) is 17.8 Å². The molecule has 13 heavy (non-hydrogen) atoms. The van der Waals surface area contributed by atoms with E-state index in [1.165, 1.54) is 0 Å². The van der Waals surface area contributed by atoms with Gasteiger partial charge in [0, 0.05) is 15.7 Å². The molecule has 0 aromatic heterocycles. The minimum absolute atomic E-state index is 0.716. The summed E-state index contributed by atoms with van der Waals surface area (Å²) in [5.74, 6) is 0.875. The number of halogens is 2. The van der Waals surface area contributed by atoms with Crippen LogP contribution >= 0.6 is 35.0 Å². The maximum absolute atomic E-state index is 5.97. The molecule has 0 fully saturated rings. The number of hydrogen-bond acceptors (Lipinski definition) is 1. The molecule has 1 rings (SSSR count). The summed E-state index contributed by atoms with van der Waals surface area (Å²) in [4.78, 5) is 1.01. The summed E-state index contributed by atoms with van der Waals surface area (Å²) in [6.07, 6.45) is 0. The molecule has 0 bridgehead atoms. The highest BCUT2D eigenvalue weighted by Gasteiger charge is 2.01. The highest BCUT2D eigenvalue weighted by molar-refractivity contribution is 7.99. The first-order valence-corrected chi connectivity index (χ1v) is 5.56. The van der Waals surface area contributed by atoms with Crippen LogP contribution in [0.15, 0.2) is 35.2 Å². The lowest BCUT2D eigenvalue weighted by Gasteiger charge is -2.03. The van der Waals surface area contributed by atoms with E-state index < -0.39 is 0 Å². The van der Waals surface area contributed by atoms with Crippen molar-refractivity contribution < 1.29 is 0 Å². The lowest BCUT2D eigenvalue weighted by molar-refractivity contribution is 1.40. The first-order chi connectivity index (χ1) is 6.09. The van der Waals surface area contributed by atoms with Gasteiger partial charge in [-0.2, -0.15) is 0 Å². The van der Waals surface area contributed by atoms with Crippen molar-refractivity contribution in [3.63, 3.8) is 0 Å². The van der Waals surface area contributed by atoms with Gasteiger partial charge in [-0.05, 0) is 25.1 Å². The fourth-order valence-corrected chi connectivity index (χ4v) is 2.12. The van der Waals surface area contributed by atoms with Gasteiger partial charge in [0.25, 0.3) is 0 Å². The minimum Gasteiger partial charge on any atom is -0.120 e. The first kappa shape index (κ1) is 11.0. The molecule has 0 aliphatic carbocycles. The average molecular weight is 233 g/mol. The second kappa shape index (κ2) is 4.94. The van der Waals surface area contributed by atoms with Crippen LogP contribution in [-0.2, 0) is 0 Å². The van der Waals surface area contributed by atoms with Crippen LogP contribution in [-0.4, -0.2) is 5.75 Å². The lowest BCUT2D eigenvalue weighted by atomic mass is 10.4. The van der Waals surface area contributed by atoms with Crippen molar-refractivity contribution >= 4 is 35.0 Å². The molecule has 3 heteroatoms. The summed E-state index contributed by atoms with van der Waals surface area (Å²) >= 11 is 13.5. The second-order valence-corrected chi connectivity index (χ2v) is 4.68. The quantitative estimate of drug-likeness (QED) is 0.540. The van der Waals surface area contributed by atoms with Gasteiger partial charge in [-0.3, -0.25) is 0 Å². The molecule has 0 N–H and O–H groups in total. The summed E-state index contributed by atoms with van der Waals surface area (Å²) in [7, 11) is 0. The molecule has 0 aliphatic rings. The predicted octanol–water partition coefficient (Wildman–Crippen LogP) is 4.66. The van der Waals surface area contributed by atoms with Gasteiger partial charge in [0.15, 0.2) is 0 Å². The molecule has 0 spiro atoms. The zero-order valence-corrected chi connectivity index (χ0v) is 9.64. The third-order valence-corrected chi connectivity index (χ3v) is 3.33. The molecule has 0 atom stereocenters. The molecule has 0 amide bonds. The van der Waals surface area contributed by atoms with E-state index in [2.05, 4.69) is 6.58 Å². The van der Waals surface area contributed by atoms with Crippen molar-refractivity contribution in [1.82, 2.24) is 0 Å². The molecule has 0 aliphatic heterocycles. The maximum Gasteiger partial charge on any atom is 0.0543 e. The normalized spacial score (nSPS) is 10.1. The van der Waals surface area contributed by atoms with Crippen LogP contribution in [0, 0.1) is 0 Å². The summed E-state index contributed by atoms with van der Waals surface area (Å²) < 4.78 is 0. The molecular formula is C10H10Cl2S. The van der Waals surface area contributed by atoms with Crippen molar-refractivity contribution in [3.8, 4) is 0 Å². The van der Waals surface area contributed by atoms with Gasteiger partial charge in [-0.1, -0.05) is 35.4 Å². The van der Waals surface area contributed by atoms with Gasteiger partial charge >= 0.3 is 0 Å². The zero-order chi connectivity index (χ0) is 9.84. The maximum atomic E-state index is 5.97. The van der Waals surface area contributed by atoms with Gasteiger partial charge in [0.2, 0.25) is 0 Å². The number of rotatable bonds is 3. The van der Waals surface area contributed by atoms with E-state index in [9.17, 15) is 0 Å². The molecule has 0 heterocycles. The summed E-state index contributed by atoms with van der Waals surface area (Å²) in [5, 5.41) is 1.46. The molecule has 0 unspecified atom stereocenters. The molecule has 0 radical (unpaired) electrons. The molecule has 0 saturated heterocycles. The van der Waals surface area contributed by atoms with Crippen LogP contribution in [0.1, 0.15) is 6.92 Å². The third kappa shape index (κ3) is 3.63. The van der Waals surface area contributed by atoms with Crippen molar-refractivity contribution in [1.29, 1.82) is 0 Å². The lowest BCUT2D eigenvalue weighted by Crippen LogP contribution is -1.80. The molecule has 0 saturated carbocycles. The van der Waals surface area contributed by atoms with Gasteiger partial charge in [-0.15, -0.1) is 11.8 Å². The van der Waals surface area contributed by atoms with E-state index >= 15 is 0 Å². The highest BCUT2D eigenvalue weighted by atomic mass is 35.5. The van der Waals surface area contributed by atoms with Crippen LogP contribution < -0.4 is 0 Å². The van der Waals surface area contributed by atoms with Crippen molar-refractivity contribution in [3.05, 3.63) is 40.4 Å². The smallest absolute Gasteiger partial charge is 0.0543 e. The monoisotopic (exact) mass is 232 g/mol. The van der Waals surface area contributed by atoms with Crippen LogP contribution in [0.2, 0.25) is 10.0 Å². The van der Waals surface area contributed by atoms with Crippen LogP contribution in [0.3, 0.4) is 0 Å². The zero-order valence-electron chi connectivity index (χ0n) is 7.31. The van der Waals surface area contributed by atoms with E-state index in [1.807, 2.05) is 19.1 Å². The SMILES string of the molecule is C=C(C)CSc1cc(Cl)ccc1Cl. The van der Waals surface area contributed by atoms with Crippen molar-refractivity contribution in [2.45, 2.75) is 11.8 Å². The van der Waals surface area contributed by atoms with Crippen molar-refractivity contribution in [2.75, 3.05) is 5.75 Å². The Labute approximate surface area is 92.9 Å². The molecule has 1 aromatic carbocycles. The van der Waals surface area contributed by atoms with E-state index in [-0.39, 0.29) is 0 Å². The van der Waals surface area contributed by atoms with Gasteiger partial charge in [0.05, 0.1) is 5.02 Å². The standard InChI is InChI=1S/C10H10Cl2S/c1-7(2)6-13-10-5-8(11)3-4-9(10)12/h3-5H,1,6H2,2H3. The Balaban J connectivity index is 2.75. The summed E-state index contributed by atoms with van der Waals surface area (Å²) in [6, 6.07) is 5.47. The molecule has 1 aromatic rings. The largest absolute Gasteiger partial charge is 0.120 e. The highest BCUT2D eigenvalue weighted by Crippen LogP contribution is 2.30.